The average Bonchev–Trinajstić information content (AvgIpc) is 3.47. The summed E-state index contributed by atoms with van der Waals surface area (Å²) >= 11 is 0. The summed E-state index contributed by atoms with van der Waals surface area (Å²) in [6, 6.07) is 9.29. The van der Waals surface area contributed by atoms with E-state index >= 15 is 0 Å². The summed E-state index contributed by atoms with van der Waals surface area (Å²) in [5, 5.41) is 5.43. The molecule has 5 rings (SSSR count). The zero-order valence-corrected chi connectivity index (χ0v) is 18.6. The second-order valence-corrected chi connectivity index (χ2v) is 8.95. The minimum atomic E-state index is -0.566. The molecule has 1 saturated carbocycles. The minimum absolute atomic E-state index is 0.0397. The molecule has 178 valence electrons. The van der Waals surface area contributed by atoms with Crippen molar-refractivity contribution in [3.8, 4) is 11.5 Å². The number of hydrogen-bond donors (Lipinski definition) is 2. The molecule has 2 N–H and O–H groups in total. The van der Waals surface area contributed by atoms with E-state index in [2.05, 4.69) is 10.6 Å². The number of ether oxygens (including phenoxy) is 2. The Kier molecular flexibility index (Phi) is 6.08. The maximum Gasteiger partial charge on any atom is 0.231 e. The van der Waals surface area contributed by atoms with Crippen LogP contribution in [0.25, 0.3) is 0 Å². The smallest absolute Gasteiger partial charge is 0.231 e. The topological polar surface area (TPSA) is 97.0 Å². The second-order valence-electron chi connectivity index (χ2n) is 8.95. The van der Waals surface area contributed by atoms with Crippen LogP contribution in [0, 0.1) is 17.7 Å². The molecular formula is C25H26FN3O5. The Morgan fingerprint density at radius 2 is 1.68 bits per heavy atom. The maximum absolute atomic E-state index is 14.3. The molecule has 0 aromatic heterocycles. The first-order valence-corrected chi connectivity index (χ1v) is 11.6. The Balaban J connectivity index is 1.23. The van der Waals surface area contributed by atoms with Crippen LogP contribution in [-0.2, 0) is 14.4 Å². The number of rotatable bonds is 5. The van der Waals surface area contributed by atoms with Crippen LogP contribution in [0.3, 0.4) is 0 Å². The summed E-state index contributed by atoms with van der Waals surface area (Å²) in [5.41, 5.74) is 1.04. The first-order valence-electron chi connectivity index (χ1n) is 11.6. The number of nitrogens with zero attached hydrogens (tertiary/aromatic N) is 1. The van der Waals surface area contributed by atoms with Crippen LogP contribution in [0.4, 0.5) is 21.5 Å². The van der Waals surface area contributed by atoms with Crippen molar-refractivity contribution in [1.29, 1.82) is 0 Å². The van der Waals surface area contributed by atoms with Gasteiger partial charge in [-0.3, -0.25) is 14.4 Å². The fourth-order valence-corrected chi connectivity index (χ4v) is 4.73. The molecule has 1 atom stereocenters. The van der Waals surface area contributed by atoms with Gasteiger partial charge in [-0.15, -0.1) is 0 Å². The molecule has 1 saturated heterocycles. The predicted octanol–water partition coefficient (Wildman–Crippen LogP) is 4.06. The van der Waals surface area contributed by atoms with Gasteiger partial charge < -0.3 is 25.0 Å². The second kappa shape index (κ2) is 9.32. The Morgan fingerprint density at radius 1 is 0.912 bits per heavy atom. The van der Waals surface area contributed by atoms with Gasteiger partial charge in [0.1, 0.15) is 5.82 Å². The molecule has 1 aliphatic carbocycles. The van der Waals surface area contributed by atoms with Crippen molar-refractivity contribution in [3.63, 3.8) is 0 Å². The molecule has 0 spiro atoms. The third kappa shape index (κ3) is 4.55. The molecule has 2 aromatic carbocycles. The van der Waals surface area contributed by atoms with E-state index in [1.165, 1.54) is 18.2 Å². The van der Waals surface area contributed by atoms with Gasteiger partial charge >= 0.3 is 0 Å². The normalized spacial score (nSPS) is 19.9. The van der Waals surface area contributed by atoms with Crippen molar-refractivity contribution in [2.24, 2.45) is 11.8 Å². The van der Waals surface area contributed by atoms with Crippen molar-refractivity contribution in [3.05, 3.63) is 42.2 Å². The third-order valence-corrected chi connectivity index (χ3v) is 6.63. The van der Waals surface area contributed by atoms with Crippen molar-refractivity contribution < 1.29 is 28.2 Å². The molecule has 2 aliphatic heterocycles. The van der Waals surface area contributed by atoms with Gasteiger partial charge in [0, 0.05) is 36.3 Å². The van der Waals surface area contributed by atoms with E-state index in [1.54, 1.807) is 23.1 Å². The van der Waals surface area contributed by atoms with Gasteiger partial charge in [0.25, 0.3) is 0 Å². The largest absolute Gasteiger partial charge is 0.454 e. The van der Waals surface area contributed by atoms with Crippen LogP contribution in [0.15, 0.2) is 36.4 Å². The zero-order chi connectivity index (χ0) is 23.7. The summed E-state index contributed by atoms with van der Waals surface area (Å²) in [6.07, 6.45) is 4.79. The minimum Gasteiger partial charge on any atom is -0.454 e. The number of halogens is 1. The van der Waals surface area contributed by atoms with E-state index in [4.69, 9.17) is 9.47 Å². The van der Waals surface area contributed by atoms with Crippen LogP contribution < -0.4 is 25.0 Å². The summed E-state index contributed by atoms with van der Waals surface area (Å²) in [4.78, 5) is 39.5. The monoisotopic (exact) mass is 467 g/mol. The number of nitrogens with one attached hydrogen (secondary N) is 2. The predicted molar refractivity (Wildman–Crippen MR) is 123 cm³/mol. The number of carbonyl (C=O) groups excluding carboxylic acids is 3. The van der Waals surface area contributed by atoms with Gasteiger partial charge in [-0.25, -0.2) is 4.39 Å². The maximum atomic E-state index is 14.3. The molecule has 9 heteroatoms. The summed E-state index contributed by atoms with van der Waals surface area (Å²) in [5.74, 6) is -0.762. The van der Waals surface area contributed by atoms with Gasteiger partial charge in [-0.05, 0) is 43.2 Å². The molecule has 8 nitrogen and oxygen atoms in total. The van der Waals surface area contributed by atoms with Gasteiger partial charge in [0.2, 0.25) is 24.5 Å². The van der Waals surface area contributed by atoms with E-state index in [9.17, 15) is 18.8 Å². The first kappa shape index (κ1) is 22.2. The third-order valence-electron chi connectivity index (χ3n) is 6.63. The average molecular weight is 467 g/mol. The van der Waals surface area contributed by atoms with E-state index < -0.39 is 11.7 Å². The van der Waals surface area contributed by atoms with Crippen LogP contribution >= 0.6 is 0 Å². The standard InChI is InChI=1S/C25H26FN3O5/c26-19-8-6-17(11-20(19)28-24(31)15-4-2-1-3-5-15)27-25(32)16-10-23(30)29(13-16)18-7-9-21-22(12-18)34-14-33-21/h6-9,11-12,15-16H,1-5,10,13-14H2,(H,27,32)(H,28,31). The van der Waals surface area contributed by atoms with Crippen LogP contribution in [0.1, 0.15) is 38.5 Å². The number of hydrogen-bond acceptors (Lipinski definition) is 5. The lowest BCUT2D eigenvalue weighted by Gasteiger charge is -2.21. The molecule has 1 unspecified atom stereocenters. The number of benzene rings is 2. The van der Waals surface area contributed by atoms with E-state index in [0.717, 1.165) is 32.1 Å². The molecule has 2 heterocycles. The first-order chi connectivity index (χ1) is 16.5. The lowest BCUT2D eigenvalue weighted by molar-refractivity contribution is -0.122. The number of fused-ring (bicyclic) bond motifs is 1. The lowest BCUT2D eigenvalue weighted by atomic mass is 9.88. The van der Waals surface area contributed by atoms with E-state index in [1.807, 2.05) is 0 Å². The quantitative estimate of drug-likeness (QED) is 0.691. The van der Waals surface area contributed by atoms with Crippen molar-refractivity contribution in [1.82, 2.24) is 0 Å². The van der Waals surface area contributed by atoms with Gasteiger partial charge in [0.05, 0.1) is 11.6 Å². The SMILES string of the molecule is O=C(Nc1ccc(F)c(NC(=O)C2CCCCC2)c1)C1CC(=O)N(c2ccc3c(c2)OCO3)C1. The Labute approximate surface area is 196 Å². The molecule has 2 fully saturated rings. The van der Waals surface area contributed by atoms with Crippen molar-refractivity contribution >= 4 is 34.8 Å². The molecule has 3 aliphatic rings. The summed E-state index contributed by atoms with van der Waals surface area (Å²) < 4.78 is 25.0. The molecule has 2 aromatic rings. The fourth-order valence-electron chi connectivity index (χ4n) is 4.73. The van der Waals surface area contributed by atoms with Crippen LogP contribution in [-0.4, -0.2) is 31.1 Å². The highest BCUT2D eigenvalue weighted by Gasteiger charge is 2.36. The highest BCUT2D eigenvalue weighted by molar-refractivity contribution is 6.04. The van der Waals surface area contributed by atoms with Gasteiger partial charge in [-0.1, -0.05) is 19.3 Å². The van der Waals surface area contributed by atoms with Crippen molar-refractivity contribution in [2.45, 2.75) is 38.5 Å². The summed E-state index contributed by atoms with van der Waals surface area (Å²) in [7, 11) is 0. The molecule has 0 bridgehead atoms. The van der Waals surface area contributed by atoms with E-state index in [-0.39, 0.29) is 49.1 Å². The number of amides is 3. The summed E-state index contributed by atoms with van der Waals surface area (Å²) in [6.45, 7) is 0.356. The number of carbonyl (C=O) groups is 3. The Hall–Kier alpha value is -3.62. The fraction of sp³-hybridized carbons (Fsp3) is 0.400. The highest BCUT2D eigenvalue weighted by atomic mass is 19.1. The van der Waals surface area contributed by atoms with Crippen molar-refractivity contribution in [2.75, 3.05) is 28.9 Å². The Morgan fingerprint density at radius 3 is 2.50 bits per heavy atom. The van der Waals surface area contributed by atoms with Gasteiger partial charge in [-0.2, -0.15) is 0 Å². The van der Waals surface area contributed by atoms with Crippen LogP contribution in [0.2, 0.25) is 0 Å². The van der Waals surface area contributed by atoms with Gasteiger partial charge in [0.15, 0.2) is 11.5 Å². The Bertz CT molecular complexity index is 1130. The zero-order valence-electron chi connectivity index (χ0n) is 18.6. The molecular weight excluding hydrogens is 441 g/mol. The molecule has 3 amide bonds. The lowest BCUT2D eigenvalue weighted by Crippen LogP contribution is -2.28. The van der Waals surface area contributed by atoms with E-state index in [0.29, 0.717) is 22.9 Å². The van der Waals surface area contributed by atoms with Crippen LogP contribution in [0.5, 0.6) is 11.5 Å². The molecule has 0 radical (unpaired) electrons. The highest BCUT2D eigenvalue weighted by Crippen LogP contribution is 2.37. The number of anilines is 3. The molecule has 34 heavy (non-hydrogen) atoms.